The van der Waals surface area contributed by atoms with E-state index in [2.05, 4.69) is 0 Å². The van der Waals surface area contributed by atoms with E-state index in [0.717, 1.165) is 12.1 Å². The Balaban J connectivity index is 1.79. The molecule has 0 saturated heterocycles. The van der Waals surface area contributed by atoms with Crippen molar-refractivity contribution in [2.24, 2.45) is 11.8 Å². The highest BCUT2D eigenvalue weighted by Gasteiger charge is 2.42. The molecule has 1 fully saturated rings. The number of carbonyl (C=O) groups excluding carboxylic acids is 1. The van der Waals surface area contributed by atoms with E-state index in [1.165, 1.54) is 17.0 Å². The lowest BCUT2D eigenvalue weighted by Crippen LogP contribution is -2.45. The summed E-state index contributed by atoms with van der Waals surface area (Å²) < 4.78 is 42.7. The summed E-state index contributed by atoms with van der Waals surface area (Å²) in [5.41, 5.74) is -0.758. The second kappa shape index (κ2) is 7.11. The third kappa shape index (κ3) is 4.18. The van der Waals surface area contributed by atoms with Crippen LogP contribution in [0.5, 0.6) is 5.75 Å². The van der Waals surface area contributed by atoms with Crippen molar-refractivity contribution in [3.8, 4) is 5.75 Å². The van der Waals surface area contributed by atoms with Gasteiger partial charge in [-0.2, -0.15) is 13.2 Å². The SMILES string of the molecule is CN(CCOc1ccc(C(F)(F)F)cc1)C(=O)C1CCC1C(=O)O. The molecule has 1 aliphatic carbocycles. The fraction of sp³-hybridized carbons (Fsp3) is 0.500. The average Bonchev–Trinajstić information content (AvgIpc) is 2.44. The Morgan fingerprint density at radius 1 is 1.21 bits per heavy atom. The van der Waals surface area contributed by atoms with E-state index in [4.69, 9.17) is 9.84 Å². The zero-order valence-electron chi connectivity index (χ0n) is 13.0. The van der Waals surface area contributed by atoms with Gasteiger partial charge in [0.15, 0.2) is 0 Å². The minimum absolute atomic E-state index is 0.109. The first-order valence-corrected chi connectivity index (χ1v) is 7.48. The minimum Gasteiger partial charge on any atom is -0.492 e. The molecular weight excluding hydrogens is 327 g/mol. The number of ether oxygens (including phenoxy) is 1. The van der Waals surface area contributed by atoms with Crippen LogP contribution >= 0.6 is 0 Å². The van der Waals surface area contributed by atoms with E-state index in [0.29, 0.717) is 12.8 Å². The number of carbonyl (C=O) groups is 2. The number of carboxylic acid groups (broad SMARTS) is 1. The predicted octanol–water partition coefficient (Wildman–Crippen LogP) is 2.65. The molecule has 2 atom stereocenters. The largest absolute Gasteiger partial charge is 0.492 e. The third-order valence-electron chi connectivity index (χ3n) is 4.16. The predicted molar refractivity (Wildman–Crippen MR) is 78.4 cm³/mol. The van der Waals surface area contributed by atoms with Crippen molar-refractivity contribution in [2.75, 3.05) is 20.2 Å². The first kappa shape index (κ1) is 18.1. The molecule has 1 aromatic carbocycles. The molecule has 132 valence electrons. The molecule has 1 saturated carbocycles. The molecule has 1 N–H and O–H groups in total. The molecule has 1 aromatic rings. The van der Waals surface area contributed by atoms with Crippen molar-refractivity contribution in [3.05, 3.63) is 29.8 Å². The lowest BCUT2D eigenvalue weighted by atomic mass is 9.73. The maximum atomic E-state index is 12.4. The molecule has 0 spiro atoms. The van der Waals surface area contributed by atoms with E-state index < -0.39 is 29.5 Å². The molecule has 2 unspecified atom stereocenters. The highest BCUT2D eigenvalue weighted by Crippen LogP contribution is 2.35. The number of alkyl halides is 3. The van der Waals surface area contributed by atoms with Gasteiger partial charge >= 0.3 is 12.1 Å². The number of aliphatic carboxylic acids is 1. The van der Waals surface area contributed by atoms with Gasteiger partial charge in [0.1, 0.15) is 12.4 Å². The quantitative estimate of drug-likeness (QED) is 0.861. The molecule has 0 heterocycles. The Hall–Kier alpha value is -2.25. The van der Waals surface area contributed by atoms with Gasteiger partial charge in [0, 0.05) is 7.05 Å². The number of nitrogens with zero attached hydrogens (tertiary/aromatic N) is 1. The second-order valence-electron chi connectivity index (χ2n) is 5.76. The lowest BCUT2D eigenvalue weighted by molar-refractivity contribution is -0.156. The Labute approximate surface area is 137 Å². The Bertz CT molecular complexity index is 600. The highest BCUT2D eigenvalue weighted by atomic mass is 19.4. The van der Waals surface area contributed by atoms with Crippen LogP contribution in [0.4, 0.5) is 13.2 Å². The van der Waals surface area contributed by atoms with Crippen molar-refractivity contribution < 1.29 is 32.6 Å². The van der Waals surface area contributed by atoms with Gasteiger partial charge in [0.25, 0.3) is 0 Å². The van der Waals surface area contributed by atoms with Crippen LogP contribution in [0, 0.1) is 11.8 Å². The van der Waals surface area contributed by atoms with Crippen LogP contribution in [0.2, 0.25) is 0 Å². The maximum absolute atomic E-state index is 12.4. The summed E-state index contributed by atoms with van der Waals surface area (Å²) in [7, 11) is 1.55. The van der Waals surface area contributed by atoms with Crippen molar-refractivity contribution >= 4 is 11.9 Å². The summed E-state index contributed by atoms with van der Waals surface area (Å²) in [6.07, 6.45) is -3.34. The molecule has 1 amide bonds. The number of amides is 1. The smallest absolute Gasteiger partial charge is 0.416 e. The van der Waals surface area contributed by atoms with Crippen LogP contribution in [0.1, 0.15) is 18.4 Å². The molecule has 0 bridgehead atoms. The molecule has 8 heteroatoms. The first-order chi connectivity index (χ1) is 11.2. The number of rotatable bonds is 6. The van der Waals surface area contributed by atoms with Crippen molar-refractivity contribution in [3.63, 3.8) is 0 Å². The van der Waals surface area contributed by atoms with E-state index in [1.807, 2.05) is 0 Å². The Morgan fingerprint density at radius 3 is 2.25 bits per heavy atom. The zero-order valence-corrected chi connectivity index (χ0v) is 13.0. The number of benzene rings is 1. The normalized spacial score (nSPS) is 20.2. The highest BCUT2D eigenvalue weighted by molar-refractivity contribution is 5.86. The van der Waals surface area contributed by atoms with Crippen LogP contribution in [0.15, 0.2) is 24.3 Å². The van der Waals surface area contributed by atoms with Crippen molar-refractivity contribution in [1.82, 2.24) is 4.90 Å². The van der Waals surface area contributed by atoms with Gasteiger partial charge in [-0.25, -0.2) is 0 Å². The first-order valence-electron chi connectivity index (χ1n) is 7.48. The second-order valence-corrected chi connectivity index (χ2v) is 5.76. The van der Waals surface area contributed by atoms with Crippen molar-refractivity contribution in [1.29, 1.82) is 0 Å². The summed E-state index contributed by atoms with van der Waals surface area (Å²) in [5, 5.41) is 8.96. The Kier molecular flexibility index (Phi) is 5.36. The summed E-state index contributed by atoms with van der Waals surface area (Å²) in [4.78, 5) is 24.5. The van der Waals surface area contributed by atoms with E-state index in [-0.39, 0.29) is 24.8 Å². The maximum Gasteiger partial charge on any atom is 0.416 e. The minimum atomic E-state index is -4.39. The van der Waals surface area contributed by atoms with Crippen LogP contribution in [0.3, 0.4) is 0 Å². The molecule has 0 radical (unpaired) electrons. The number of likely N-dealkylation sites (N-methyl/N-ethyl adjacent to an activating group) is 1. The van der Waals surface area contributed by atoms with Gasteiger partial charge in [0.2, 0.25) is 5.91 Å². The monoisotopic (exact) mass is 345 g/mol. The van der Waals surface area contributed by atoms with Gasteiger partial charge in [0.05, 0.1) is 23.9 Å². The molecule has 2 rings (SSSR count). The molecule has 0 aliphatic heterocycles. The topological polar surface area (TPSA) is 66.8 Å². The van der Waals surface area contributed by atoms with Gasteiger partial charge in [-0.15, -0.1) is 0 Å². The molecule has 24 heavy (non-hydrogen) atoms. The van der Waals surface area contributed by atoms with Crippen molar-refractivity contribution in [2.45, 2.75) is 19.0 Å². The lowest BCUT2D eigenvalue weighted by Gasteiger charge is -2.34. The summed E-state index contributed by atoms with van der Waals surface area (Å²) >= 11 is 0. The molecule has 1 aliphatic rings. The standard InChI is InChI=1S/C16H18F3NO4/c1-20(14(21)12-6-7-13(12)15(22)23)8-9-24-11-4-2-10(3-5-11)16(17,18)19/h2-5,12-13H,6-9H2,1H3,(H,22,23). The molecular formula is C16H18F3NO4. The molecule has 5 nitrogen and oxygen atoms in total. The van der Waals surface area contributed by atoms with E-state index >= 15 is 0 Å². The van der Waals surface area contributed by atoms with Crippen LogP contribution < -0.4 is 4.74 Å². The van der Waals surface area contributed by atoms with Crippen LogP contribution in [0.25, 0.3) is 0 Å². The van der Waals surface area contributed by atoms with E-state index in [9.17, 15) is 22.8 Å². The van der Waals surface area contributed by atoms with Crippen LogP contribution in [-0.4, -0.2) is 42.1 Å². The number of hydrogen-bond donors (Lipinski definition) is 1. The third-order valence-corrected chi connectivity index (χ3v) is 4.16. The summed E-state index contributed by atoms with van der Waals surface area (Å²) in [5.74, 6) is -2.07. The van der Waals surface area contributed by atoms with Gasteiger partial charge in [-0.1, -0.05) is 0 Å². The molecule has 0 aromatic heterocycles. The van der Waals surface area contributed by atoms with Gasteiger partial charge in [-0.05, 0) is 37.1 Å². The number of halogens is 3. The fourth-order valence-electron chi connectivity index (χ4n) is 2.53. The van der Waals surface area contributed by atoms with Gasteiger partial charge < -0.3 is 14.7 Å². The zero-order chi connectivity index (χ0) is 17.9. The van der Waals surface area contributed by atoms with Gasteiger partial charge in [-0.3, -0.25) is 9.59 Å². The Morgan fingerprint density at radius 2 is 1.79 bits per heavy atom. The summed E-state index contributed by atoms with van der Waals surface area (Å²) in [6, 6.07) is 4.29. The average molecular weight is 345 g/mol. The van der Waals surface area contributed by atoms with Crippen LogP contribution in [-0.2, 0) is 15.8 Å². The number of hydrogen-bond acceptors (Lipinski definition) is 3. The van der Waals surface area contributed by atoms with E-state index in [1.54, 1.807) is 7.05 Å². The number of carboxylic acids is 1. The summed E-state index contributed by atoms with van der Waals surface area (Å²) in [6.45, 7) is 0.334. The fourth-order valence-corrected chi connectivity index (χ4v) is 2.53.